The maximum atomic E-state index is 13.5. The fraction of sp³-hybridized carbons (Fsp3) is 0.103. The number of nitrogens with zero attached hydrogens (tertiary/aromatic N) is 3. The molecule has 1 aromatic heterocycles. The van der Waals surface area contributed by atoms with Crippen LogP contribution in [0.5, 0.6) is 0 Å². The topological polar surface area (TPSA) is 89.0 Å². The Balaban J connectivity index is 1.47. The van der Waals surface area contributed by atoms with Gasteiger partial charge in [-0.05, 0) is 61.0 Å². The van der Waals surface area contributed by atoms with Crippen molar-refractivity contribution in [3.8, 4) is 11.3 Å². The first-order chi connectivity index (χ1) is 17.9. The number of carbonyl (C=O) groups is 1. The minimum atomic E-state index is -0.432. The van der Waals surface area contributed by atoms with E-state index in [9.17, 15) is 14.9 Å². The number of aryl methyl sites for hydroxylation is 2. The lowest BCUT2D eigenvalue weighted by molar-refractivity contribution is -0.384. The molecule has 0 spiro atoms. The van der Waals surface area contributed by atoms with Gasteiger partial charge >= 0.3 is 0 Å². The lowest BCUT2D eigenvalue weighted by atomic mass is 10.1. The molecule has 4 aromatic rings. The molecule has 5 rings (SSSR count). The van der Waals surface area contributed by atoms with Gasteiger partial charge in [-0.2, -0.15) is 0 Å². The van der Waals surface area contributed by atoms with E-state index in [1.54, 1.807) is 29.2 Å². The summed E-state index contributed by atoms with van der Waals surface area (Å²) in [4.78, 5) is 31.2. The van der Waals surface area contributed by atoms with E-state index in [4.69, 9.17) is 9.41 Å². The molecule has 1 fully saturated rings. The van der Waals surface area contributed by atoms with Gasteiger partial charge in [0, 0.05) is 23.8 Å². The van der Waals surface area contributed by atoms with Gasteiger partial charge in [-0.1, -0.05) is 54.1 Å². The van der Waals surface area contributed by atoms with Crippen molar-refractivity contribution in [3.05, 3.63) is 122 Å². The molecule has 1 amide bonds. The highest BCUT2D eigenvalue weighted by atomic mass is 32.2. The van der Waals surface area contributed by atoms with Gasteiger partial charge in [0.15, 0.2) is 5.17 Å². The van der Waals surface area contributed by atoms with Gasteiger partial charge in [0.05, 0.1) is 22.1 Å². The average Bonchev–Trinajstić information content (AvgIpc) is 3.46. The van der Waals surface area contributed by atoms with Crippen molar-refractivity contribution >= 4 is 40.3 Å². The second-order valence-corrected chi connectivity index (χ2v) is 9.68. The van der Waals surface area contributed by atoms with Crippen LogP contribution in [0, 0.1) is 24.0 Å². The standard InChI is InChI=1S/C29H23N3O4S/c1-19-8-11-22(12-9-19)30-29-31(18-21-6-4-3-5-7-21)28(33)27(37-29)17-24-14-15-26(36-24)25-16-23(32(34)35)13-10-20(25)2/h3-17H,18H2,1-2H3/b27-17+,30-29?. The van der Waals surface area contributed by atoms with Crippen molar-refractivity contribution in [1.82, 2.24) is 4.90 Å². The molecule has 0 bridgehead atoms. The number of aliphatic imine (C=N–C) groups is 1. The molecule has 1 aliphatic heterocycles. The van der Waals surface area contributed by atoms with Gasteiger partial charge in [0.25, 0.3) is 11.6 Å². The van der Waals surface area contributed by atoms with E-state index in [1.165, 1.54) is 23.9 Å². The number of nitro benzene ring substituents is 1. The van der Waals surface area contributed by atoms with Crippen molar-refractivity contribution in [2.24, 2.45) is 4.99 Å². The van der Waals surface area contributed by atoms with E-state index < -0.39 is 4.92 Å². The predicted molar refractivity (Wildman–Crippen MR) is 146 cm³/mol. The van der Waals surface area contributed by atoms with E-state index in [0.29, 0.717) is 33.7 Å². The Morgan fingerprint density at radius 3 is 2.49 bits per heavy atom. The van der Waals surface area contributed by atoms with Crippen LogP contribution in [0.4, 0.5) is 11.4 Å². The number of benzene rings is 3. The Kier molecular flexibility index (Phi) is 6.74. The zero-order valence-electron chi connectivity index (χ0n) is 20.3. The highest BCUT2D eigenvalue weighted by molar-refractivity contribution is 8.18. The zero-order chi connectivity index (χ0) is 25.9. The number of thioether (sulfide) groups is 1. The largest absolute Gasteiger partial charge is 0.457 e. The maximum absolute atomic E-state index is 13.5. The van der Waals surface area contributed by atoms with Crippen molar-refractivity contribution < 1.29 is 14.1 Å². The first-order valence-corrected chi connectivity index (χ1v) is 12.4. The molecular formula is C29H23N3O4S. The third kappa shape index (κ3) is 5.39. The monoisotopic (exact) mass is 509 g/mol. The highest BCUT2D eigenvalue weighted by Gasteiger charge is 2.34. The minimum Gasteiger partial charge on any atom is -0.457 e. The molecule has 1 saturated heterocycles. The van der Waals surface area contributed by atoms with E-state index in [2.05, 4.69) is 0 Å². The summed E-state index contributed by atoms with van der Waals surface area (Å²) < 4.78 is 5.99. The Bertz CT molecular complexity index is 1540. The molecule has 0 unspecified atom stereocenters. The van der Waals surface area contributed by atoms with Crippen molar-refractivity contribution in [2.45, 2.75) is 20.4 Å². The Morgan fingerprint density at radius 2 is 1.76 bits per heavy atom. The van der Waals surface area contributed by atoms with Crippen LogP contribution in [0.25, 0.3) is 17.4 Å². The number of amides is 1. The van der Waals surface area contributed by atoms with Gasteiger partial charge in [0.1, 0.15) is 11.5 Å². The lowest BCUT2D eigenvalue weighted by Crippen LogP contribution is -2.28. The van der Waals surface area contributed by atoms with Crippen LogP contribution in [0.1, 0.15) is 22.5 Å². The predicted octanol–water partition coefficient (Wildman–Crippen LogP) is 7.28. The third-order valence-electron chi connectivity index (χ3n) is 5.93. The molecule has 0 radical (unpaired) electrons. The van der Waals surface area contributed by atoms with Gasteiger partial charge in [-0.3, -0.25) is 19.8 Å². The lowest BCUT2D eigenvalue weighted by Gasteiger charge is -2.15. The fourth-order valence-electron chi connectivity index (χ4n) is 3.92. The quantitative estimate of drug-likeness (QED) is 0.155. The SMILES string of the molecule is Cc1ccc(N=C2S/C(=C/c3ccc(-c4cc([N+](=O)[O-])ccc4C)o3)C(=O)N2Cc2ccccc2)cc1. The van der Waals surface area contributed by atoms with Crippen LogP contribution in [0.3, 0.4) is 0 Å². The van der Waals surface area contributed by atoms with Crippen LogP contribution in [0.15, 0.2) is 99.2 Å². The number of rotatable bonds is 6. The second-order valence-electron chi connectivity index (χ2n) is 8.68. The summed E-state index contributed by atoms with van der Waals surface area (Å²) in [5.41, 5.74) is 4.38. The number of amidine groups is 1. The Morgan fingerprint density at radius 1 is 1.00 bits per heavy atom. The molecule has 0 saturated carbocycles. The van der Waals surface area contributed by atoms with Crippen molar-refractivity contribution in [1.29, 1.82) is 0 Å². The number of hydrogen-bond donors (Lipinski definition) is 0. The molecule has 0 N–H and O–H groups in total. The van der Waals surface area contributed by atoms with Crippen LogP contribution in [-0.4, -0.2) is 20.9 Å². The summed E-state index contributed by atoms with van der Waals surface area (Å²) in [7, 11) is 0. The summed E-state index contributed by atoms with van der Waals surface area (Å²) in [6.45, 7) is 4.27. The third-order valence-corrected chi connectivity index (χ3v) is 6.93. The molecule has 7 nitrogen and oxygen atoms in total. The van der Waals surface area contributed by atoms with E-state index in [0.717, 1.165) is 22.4 Å². The summed E-state index contributed by atoms with van der Waals surface area (Å²) in [6.07, 6.45) is 1.69. The maximum Gasteiger partial charge on any atom is 0.270 e. The van der Waals surface area contributed by atoms with Crippen LogP contribution in [-0.2, 0) is 11.3 Å². The molecule has 184 valence electrons. The second kappa shape index (κ2) is 10.3. The summed E-state index contributed by atoms with van der Waals surface area (Å²) in [6, 6.07) is 25.8. The zero-order valence-corrected chi connectivity index (χ0v) is 21.1. The molecule has 2 heterocycles. The first-order valence-electron chi connectivity index (χ1n) is 11.6. The number of furan rings is 1. The number of hydrogen-bond acceptors (Lipinski definition) is 6. The Labute approximate surface area is 218 Å². The molecule has 0 aliphatic carbocycles. The number of carbonyl (C=O) groups excluding carboxylic acids is 1. The number of nitro groups is 1. The smallest absolute Gasteiger partial charge is 0.270 e. The molecule has 0 atom stereocenters. The average molecular weight is 510 g/mol. The van der Waals surface area contributed by atoms with Crippen molar-refractivity contribution in [3.63, 3.8) is 0 Å². The molecule has 37 heavy (non-hydrogen) atoms. The van der Waals surface area contributed by atoms with Gasteiger partial charge < -0.3 is 4.42 Å². The normalized spacial score (nSPS) is 15.6. The van der Waals surface area contributed by atoms with E-state index in [1.807, 2.05) is 68.4 Å². The minimum absolute atomic E-state index is 0.00746. The molecule has 1 aliphatic rings. The van der Waals surface area contributed by atoms with Crippen LogP contribution >= 0.6 is 11.8 Å². The first kappa shape index (κ1) is 24.3. The van der Waals surface area contributed by atoms with Crippen LogP contribution < -0.4 is 0 Å². The summed E-state index contributed by atoms with van der Waals surface area (Å²) in [5.74, 6) is 0.815. The van der Waals surface area contributed by atoms with Gasteiger partial charge in [-0.25, -0.2) is 4.99 Å². The molecule has 8 heteroatoms. The van der Waals surface area contributed by atoms with Gasteiger partial charge in [-0.15, -0.1) is 0 Å². The van der Waals surface area contributed by atoms with Crippen molar-refractivity contribution in [2.75, 3.05) is 0 Å². The van der Waals surface area contributed by atoms with Gasteiger partial charge in [0.2, 0.25) is 0 Å². The highest BCUT2D eigenvalue weighted by Crippen LogP contribution is 2.36. The van der Waals surface area contributed by atoms with E-state index >= 15 is 0 Å². The summed E-state index contributed by atoms with van der Waals surface area (Å²) in [5, 5.41) is 11.8. The molecular weight excluding hydrogens is 486 g/mol. The summed E-state index contributed by atoms with van der Waals surface area (Å²) >= 11 is 1.29. The number of non-ortho nitro benzene ring substituents is 1. The van der Waals surface area contributed by atoms with Crippen LogP contribution in [0.2, 0.25) is 0 Å². The Hall–Kier alpha value is -4.43. The van der Waals surface area contributed by atoms with E-state index in [-0.39, 0.29) is 11.6 Å². The fourth-order valence-corrected chi connectivity index (χ4v) is 4.90. The molecule has 3 aromatic carbocycles.